The van der Waals surface area contributed by atoms with Crippen LogP contribution in [0.5, 0.6) is 11.5 Å². The third kappa shape index (κ3) is 5.60. The van der Waals surface area contributed by atoms with Gasteiger partial charge in [-0.2, -0.15) is 0 Å². The number of hydrogen-bond donors (Lipinski definition) is 0. The first-order valence-electron chi connectivity index (χ1n) is 18.2. The first kappa shape index (κ1) is 32.6. The summed E-state index contributed by atoms with van der Waals surface area (Å²) in [5.74, 6) is 3.29. The molecule has 4 heterocycles. The van der Waals surface area contributed by atoms with E-state index in [0.29, 0.717) is 0 Å². The van der Waals surface area contributed by atoms with Gasteiger partial charge in [0.15, 0.2) is 0 Å². The van der Waals surface area contributed by atoms with Crippen LogP contribution in [-0.4, -0.2) is 21.5 Å². The predicted octanol–water partition coefficient (Wildman–Crippen LogP) is 11.0. The van der Waals surface area contributed by atoms with Crippen LogP contribution in [0.15, 0.2) is 152 Å². The van der Waals surface area contributed by atoms with Gasteiger partial charge < -0.3 is 14.4 Å². The van der Waals surface area contributed by atoms with E-state index in [9.17, 15) is 0 Å². The minimum absolute atomic E-state index is 0.00382. The van der Waals surface area contributed by atoms with Gasteiger partial charge in [-0.3, -0.25) is 4.57 Å². The summed E-state index contributed by atoms with van der Waals surface area (Å²) >= 11 is 0. The largest absolute Gasteiger partial charge is 0.457 e. The highest BCUT2D eigenvalue weighted by Gasteiger charge is 2.45. The zero-order valence-corrected chi connectivity index (χ0v) is 30.7. The lowest BCUT2D eigenvalue weighted by molar-refractivity contribution is 0.483. The summed E-state index contributed by atoms with van der Waals surface area (Å²) in [7, 11) is 0. The number of fused-ring (bicyclic) bond motifs is 4. The smallest absolute Gasteiger partial charge is 0.422 e. The molecule has 0 radical (unpaired) electrons. The maximum Gasteiger partial charge on any atom is 0.422 e. The monoisotopic (exact) mass is 689 g/mol. The van der Waals surface area contributed by atoms with E-state index >= 15 is 0 Å². The summed E-state index contributed by atoms with van der Waals surface area (Å²) in [5.41, 5.74) is 10.3. The van der Waals surface area contributed by atoms with Crippen molar-refractivity contribution in [2.75, 3.05) is 9.62 Å². The van der Waals surface area contributed by atoms with Gasteiger partial charge in [0.05, 0.1) is 16.7 Å². The van der Waals surface area contributed by atoms with Gasteiger partial charge in [-0.15, -0.1) is 0 Å². The number of aryl methyl sites for hydroxylation is 2. The molecule has 0 atom stereocenters. The maximum absolute atomic E-state index is 6.75. The van der Waals surface area contributed by atoms with Crippen LogP contribution in [0.4, 0.5) is 22.9 Å². The van der Waals surface area contributed by atoms with Crippen LogP contribution in [0.1, 0.15) is 37.5 Å². The molecule has 6 nitrogen and oxygen atoms in total. The van der Waals surface area contributed by atoms with Crippen molar-refractivity contribution in [1.29, 1.82) is 0 Å². The second-order valence-corrected chi connectivity index (χ2v) is 14.9. The highest BCUT2D eigenvalue weighted by molar-refractivity contribution is 6.85. The molecule has 0 bridgehead atoms. The summed E-state index contributed by atoms with van der Waals surface area (Å²) < 4.78 is 9.00. The van der Waals surface area contributed by atoms with E-state index < -0.39 is 0 Å². The lowest BCUT2D eigenvalue weighted by atomic mass is 9.61. The highest BCUT2D eigenvalue weighted by Crippen LogP contribution is 2.46. The van der Waals surface area contributed by atoms with E-state index in [0.717, 1.165) is 56.6 Å². The predicted molar refractivity (Wildman–Crippen MR) is 220 cm³/mol. The summed E-state index contributed by atoms with van der Waals surface area (Å²) in [5, 5.41) is 2.33. The first-order valence-corrected chi connectivity index (χ1v) is 18.2. The first-order chi connectivity index (χ1) is 25.8. The molecule has 7 heteroatoms. The Morgan fingerprint density at radius 1 is 0.566 bits per heavy atom. The summed E-state index contributed by atoms with van der Waals surface area (Å²) in [6, 6.07) is 48.9. The molecule has 0 amide bonds. The summed E-state index contributed by atoms with van der Waals surface area (Å²) in [6.45, 7) is 10.9. The number of benzene rings is 5. The number of pyridine rings is 2. The third-order valence-corrected chi connectivity index (χ3v) is 10.4. The molecule has 9 rings (SSSR count). The van der Waals surface area contributed by atoms with Crippen molar-refractivity contribution >= 4 is 57.1 Å². The van der Waals surface area contributed by atoms with E-state index in [1.807, 2.05) is 24.5 Å². The Morgan fingerprint density at radius 3 is 2.09 bits per heavy atom. The number of aromatic nitrogens is 3. The fraction of sp³-hybridized carbons (Fsp3) is 0.130. The Hall–Kier alpha value is -6.34. The van der Waals surface area contributed by atoms with Crippen LogP contribution in [0.2, 0.25) is 0 Å². The zero-order valence-electron chi connectivity index (χ0n) is 30.7. The Morgan fingerprint density at radius 2 is 1.28 bits per heavy atom. The zero-order chi connectivity index (χ0) is 36.3. The molecule has 1 aliphatic rings. The number of hydrogen-bond acceptors (Lipinski definition) is 5. The standard InChI is InChI=1S/C46H40BN5O/c1-31-14-11-15-32(2)44(31)47-51(34-16-7-6-8-17-34)41-22-13-26-49-45(41)52(47)35-18-12-19-36(29-35)53-37-23-24-39-38-20-9-10-21-40(38)50(42(39)30-37)43-28-33(25-27-48-43)46(3,4)5/h6-30H,1-5H3. The van der Waals surface area contributed by atoms with Gasteiger partial charge in [-0.25, -0.2) is 9.97 Å². The minimum Gasteiger partial charge on any atom is -0.457 e. The van der Waals surface area contributed by atoms with Crippen LogP contribution in [0.3, 0.4) is 0 Å². The second kappa shape index (κ2) is 12.7. The Labute approximate surface area is 311 Å². The van der Waals surface area contributed by atoms with Crippen molar-refractivity contribution in [3.63, 3.8) is 0 Å². The average molecular weight is 690 g/mol. The molecule has 258 valence electrons. The van der Waals surface area contributed by atoms with Gasteiger partial charge in [-0.1, -0.05) is 92.6 Å². The van der Waals surface area contributed by atoms with E-state index in [2.05, 4.69) is 176 Å². The summed E-state index contributed by atoms with van der Waals surface area (Å²) in [4.78, 5) is 14.6. The van der Waals surface area contributed by atoms with Crippen molar-refractivity contribution in [3.05, 3.63) is 169 Å². The topological polar surface area (TPSA) is 46.4 Å². The van der Waals surface area contributed by atoms with Gasteiger partial charge in [0.1, 0.15) is 23.1 Å². The van der Waals surface area contributed by atoms with Crippen LogP contribution in [0.25, 0.3) is 27.6 Å². The molecule has 0 saturated carbocycles. The maximum atomic E-state index is 6.75. The number of anilines is 4. The van der Waals surface area contributed by atoms with Crippen LogP contribution < -0.4 is 19.8 Å². The number of para-hydroxylation sites is 2. The second-order valence-electron chi connectivity index (χ2n) is 14.9. The van der Waals surface area contributed by atoms with Crippen molar-refractivity contribution in [3.8, 4) is 17.3 Å². The van der Waals surface area contributed by atoms with Gasteiger partial charge in [0.2, 0.25) is 0 Å². The molecule has 3 aromatic heterocycles. The molecule has 1 aliphatic heterocycles. The third-order valence-electron chi connectivity index (χ3n) is 10.4. The Bertz CT molecular complexity index is 2620. The number of ether oxygens (including phenoxy) is 1. The molecule has 0 unspecified atom stereocenters. The molecule has 0 N–H and O–H groups in total. The molecule has 0 spiro atoms. The quantitative estimate of drug-likeness (QED) is 0.163. The molecule has 0 aliphatic carbocycles. The van der Waals surface area contributed by atoms with Crippen LogP contribution >= 0.6 is 0 Å². The molecular formula is C46H40BN5O. The molecule has 5 aromatic carbocycles. The van der Waals surface area contributed by atoms with Gasteiger partial charge >= 0.3 is 6.98 Å². The molecule has 0 saturated heterocycles. The molecular weight excluding hydrogens is 649 g/mol. The van der Waals surface area contributed by atoms with E-state index in [4.69, 9.17) is 14.7 Å². The lowest BCUT2D eigenvalue weighted by Crippen LogP contribution is -2.55. The molecule has 0 fully saturated rings. The van der Waals surface area contributed by atoms with Crippen molar-refractivity contribution in [2.45, 2.75) is 40.0 Å². The number of rotatable bonds is 6. The molecule has 53 heavy (non-hydrogen) atoms. The van der Waals surface area contributed by atoms with Gasteiger partial charge in [0.25, 0.3) is 0 Å². The van der Waals surface area contributed by atoms with E-state index in [1.54, 1.807) is 0 Å². The van der Waals surface area contributed by atoms with E-state index in [1.165, 1.54) is 27.5 Å². The summed E-state index contributed by atoms with van der Waals surface area (Å²) in [6.07, 6.45) is 3.79. The lowest BCUT2D eigenvalue weighted by Gasteiger charge is -2.31. The van der Waals surface area contributed by atoms with Crippen LogP contribution in [-0.2, 0) is 5.41 Å². The Balaban J connectivity index is 1.15. The SMILES string of the molecule is Cc1cccc(C)c1B1N(c2ccccc2)c2cccnc2N1c1cccc(Oc2ccc3c4ccccc4n(-c4cc(C(C)(C)C)ccn4)c3c2)c1. The highest BCUT2D eigenvalue weighted by atomic mass is 16.5. The average Bonchev–Trinajstić information content (AvgIpc) is 3.68. The van der Waals surface area contributed by atoms with E-state index in [-0.39, 0.29) is 12.4 Å². The fourth-order valence-corrected chi connectivity index (χ4v) is 7.85. The van der Waals surface area contributed by atoms with Crippen molar-refractivity contribution in [2.24, 2.45) is 0 Å². The Kier molecular flexibility index (Phi) is 7.81. The minimum atomic E-state index is -0.165. The normalized spacial score (nSPS) is 12.9. The molecule has 8 aromatic rings. The van der Waals surface area contributed by atoms with Gasteiger partial charge in [-0.05, 0) is 97.0 Å². The number of nitrogens with zero attached hydrogens (tertiary/aromatic N) is 5. The fourth-order valence-electron chi connectivity index (χ4n) is 7.85. The van der Waals surface area contributed by atoms with Crippen molar-refractivity contribution < 1.29 is 4.74 Å². The van der Waals surface area contributed by atoms with Crippen molar-refractivity contribution in [1.82, 2.24) is 14.5 Å². The van der Waals surface area contributed by atoms with Gasteiger partial charge in [0, 0.05) is 46.7 Å². The van der Waals surface area contributed by atoms with Crippen LogP contribution in [0, 0.1) is 13.8 Å².